The van der Waals surface area contributed by atoms with Crippen molar-refractivity contribution in [2.45, 2.75) is 60.3 Å². The third-order valence-electron chi connectivity index (χ3n) is 3.82. The summed E-state index contributed by atoms with van der Waals surface area (Å²) in [5, 5.41) is 4.89. The van der Waals surface area contributed by atoms with E-state index in [0.717, 1.165) is 13.3 Å². The molecule has 2 aromatic rings. The number of hydrogen-bond donors (Lipinski definition) is 1. The molecule has 2 heterocycles. The molecular formula is C23H34F2N2OS2. The molecule has 0 spiro atoms. The van der Waals surface area contributed by atoms with E-state index in [1.54, 1.807) is 37.4 Å². The maximum Gasteiger partial charge on any atom is 0.266 e. The fraction of sp³-hybridized carbons (Fsp3) is 0.478. The van der Waals surface area contributed by atoms with Gasteiger partial charge in [-0.2, -0.15) is 0 Å². The monoisotopic (exact) mass is 456 g/mol. The second-order valence-corrected chi connectivity index (χ2v) is 7.89. The molecule has 7 heteroatoms. The van der Waals surface area contributed by atoms with Gasteiger partial charge in [0.15, 0.2) is 0 Å². The van der Waals surface area contributed by atoms with Gasteiger partial charge in [-0.25, -0.2) is 8.78 Å². The van der Waals surface area contributed by atoms with Crippen molar-refractivity contribution in [3.63, 3.8) is 0 Å². The summed E-state index contributed by atoms with van der Waals surface area (Å²) in [6.07, 6.45) is 2.45. The molecule has 0 fully saturated rings. The molecular weight excluding hydrogens is 422 g/mol. The molecule has 30 heavy (non-hydrogen) atoms. The van der Waals surface area contributed by atoms with E-state index in [2.05, 4.69) is 10.3 Å². The fourth-order valence-corrected chi connectivity index (χ4v) is 4.03. The molecule has 1 amide bonds. The van der Waals surface area contributed by atoms with Crippen molar-refractivity contribution in [1.82, 2.24) is 5.32 Å². The minimum Gasteiger partial charge on any atom is -0.351 e. The highest BCUT2D eigenvalue weighted by Crippen LogP contribution is 2.27. The van der Waals surface area contributed by atoms with Gasteiger partial charge in [-0.15, -0.1) is 22.7 Å². The number of carbonyl (C=O) groups excluding carboxylic acids is 1. The van der Waals surface area contributed by atoms with Gasteiger partial charge in [0, 0.05) is 25.4 Å². The third-order valence-corrected chi connectivity index (χ3v) is 5.86. The predicted molar refractivity (Wildman–Crippen MR) is 129 cm³/mol. The number of nitrogens with zero attached hydrogens (tertiary/aromatic N) is 1. The lowest BCUT2D eigenvalue weighted by molar-refractivity contribution is 0.0605. The summed E-state index contributed by atoms with van der Waals surface area (Å²) in [6, 6.07) is 7.47. The van der Waals surface area contributed by atoms with E-state index in [4.69, 9.17) is 0 Å². The third kappa shape index (κ3) is 9.30. The molecule has 0 radical (unpaired) electrons. The van der Waals surface area contributed by atoms with Crippen molar-refractivity contribution in [3.05, 3.63) is 55.9 Å². The normalized spacial score (nSPS) is 11.8. The Morgan fingerprint density at radius 3 is 2.30 bits per heavy atom. The van der Waals surface area contributed by atoms with Crippen LogP contribution in [0.2, 0.25) is 0 Å². The standard InChI is InChI=1S/C19H22F2N2OS2.2C2H6/c1-4-13(19(2,20)21)12-15(22-3)16-7-8-17(26-16)18(24)23-10-9-14-6-5-11-25-14;2*1-2/h5-8,11-12H,4,9-10H2,1-3H3,(H,23,24);2*1-2H3/b13-12+,22-15?;;. The van der Waals surface area contributed by atoms with Crippen molar-refractivity contribution in [2.24, 2.45) is 4.99 Å². The minimum absolute atomic E-state index is 0.0217. The molecule has 2 aromatic heterocycles. The molecule has 0 atom stereocenters. The molecule has 0 unspecified atom stereocenters. The first-order valence-electron chi connectivity index (χ1n) is 10.3. The first-order valence-corrected chi connectivity index (χ1v) is 12.0. The van der Waals surface area contributed by atoms with E-state index < -0.39 is 5.92 Å². The van der Waals surface area contributed by atoms with Gasteiger partial charge in [-0.3, -0.25) is 9.79 Å². The number of aliphatic imine (C=N–C) groups is 1. The van der Waals surface area contributed by atoms with E-state index in [1.807, 2.05) is 45.2 Å². The molecule has 0 bridgehead atoms. The fourth-order valence-electron chi connectivity index (χ4n) is 2.39. The Kier molecular flexibility index (Phi) is 14.1. The van der Waals surface area contributed by atoms with Gasteiger partial charge in [0.2, 0.25) is 0 Å². The lowest BCUT2D eigenvalue weighted by Gasteiger charge is -2.13. The molecule has 1 N–H and O–H groups in total. The Labute approximate surface area is 188 Å². The van der Waals surface area contributed by atoms with Gasteiger partial charge in [0.05, 0.1) is 15.5 Å². The number of amides is 1. The molecule has 0 aliphatic carbocycles. The van der Waals surface area contributed by atoms with Gasteiger partial charge in [0.25, 0.3) is 11.8 Å². The zero-order valence-corrected chi connectivity index (χ0v) is 20.6. The van der Waals surface area contributed by atoms with E-state index in [1.165, 1.54) is 22.3 Å². The molecule has 0 saturated heterocycles. The van der Waals surface area contributed by atoms with Gasteiger partial charge in [0.1, 0.15) is 0 Å². The summed E-state index contributed by atoms with van der Waals surface area (Å²) in [6.45, 7) is 11.1. The van der Waals surface area contributed by atoms with Crippen LogP contribution in [0.1, 0.15) is 67.4 Å². The van der Waals surface area contributed by atoms with Crippen molar-refractivity contribution < 1.29 is 13.6 Å². The summed E-state index contributed by atoms with van der Waals surface area (Å²) in [5.41, 5.74) is 0.486. The van der Waals surface area contributed by atoms with Crippen LogP contribution in [0.5, 0.6) is 0 Å². The average molecular weight is 457 g/mol. The SMILES string of the molecule is CC.CC.CC/C(=C\C(=NC)c1ccc(C(=O)NCCc2cccs2)s1)C(C)(F)F. The predicted octanol–water partition coefficient (Wildman–Crippen LogP) is 7.25. The Balaban J connectivity index is 0.00000198. The summed E-state index contributed by atoms with van der Waals surface area (Å²) in [7, 11) is 1.56. The second kappa shape index (κ2) is 15.0. The Hall–Kier alpha value is -1.86. The van der Waals surface area contributed by atoms with Gasteiger partial charge < -0.3 is 5.32 Å². The molecule has 2 rings (SSSR count). The van der Waals surface area contributed by atoms with Crippen LogP contribution in [0.3, 0.4) is 0 Å². The minimum atomic E-state index is -2.88. The van der Waals surface area contributed by atoms with Crippen molar-refractivity contribution >= 4 is 34.3 Å². The number of allylic oxidation sites excluding steroid dienone is 2. The summed E-state index contributed by atoms with van der Waals surface area (Å²) >= 11 is 2.91. The van der Waals surface area contributed by atoms with Crippen LogP contribution in [0.25, 0.3) is 0 Å². The lowest BCUT2D eigenvalue weighted by atomic mass is 10.1. The highest BCUT2D eigenvalue weighted by atomic mass is 32.1. The lowest BCUT2D eigenvalue weighted by Crippen LogP contribution is -2.24. The molecule has 168 valence electrons. The Morgan fingerprint density at radius 2 is 1.80 bits per heavy atom. The highest BCUT2D eigenvalue weighted by molar-refractivity contribution is 7.16. The van der Waals surface area contributed by atoms with Crippen LogP contribution in [-0.2, 0) is 6.42 Å². The van der Waals surface area contributed by atoms with Crippen LogP contribution in [-0.4, -0.2) is 31.1 Å². The number of hydrogen-bond acceptors (Lipinski definition) is 4. The zero-order chi connectivity index (χ0) is 23.2. The maximum absolute atomic E-state index is 13.6. The van der Waals surface area contributed by atoms with Crippen LogP contribution in [0.4, 0.5) is 8.78 Å². The van der Waals surface area contributed by atoms with Crippen LogP contribution in [0.15, 0.2) is 46.3 Å². The summed E-state index contributed by atoms with van der Waals surface area (Å²) < 4.78 is 27.2. The largest absolute Gasteiger partial charge is 0.351 e. The number of thiophene rings is 2. The number of rotatable bonds is 8. The van der Waals surface area contributed by atoms with Crippen LogP contribution in [0, 0.1) is 0 Å². The number of nitrogens with one attached hydrogen (secondary N) is 1. The van der Waals surface area contributed by atoms with Crippen molar-refractivity contribution in [2.75, 3.05) is 13.6 Å². The van der Waals surface area contributed by atoms with Gasteiger partial charge >= 0.3 is 0 Å². The molecule has 0 aromatic carbocycles. The second-order valence-electron chi connectivity index (χ2n) is 5.77. The number of carbonyl (C=O) groups is 1. The van der Waals surface area contributed by atoms with E-state index in [9.17, 15) is 13.6 Å². The maximum atomic E-state index is 13.6. The number of halogens is 2. The van der Waals surface area contributed by atoms with Crippen LogP contribution >= 0.6 is 22.7 Å². The first-order chi connectivity index (χ1) is 14.3. The van der Waals surface area contributed by atoms with Crippen molar-refractivity contribution in [1.29, 1.82) is 0 Å². The Bertz CT molecular complexity index is 788. The van der Waals surface area contributed by atoms with Crippen LogP contribution < -0.4 is 5.32 Å². The summed E-state index contributed by atoms with van der Waals surface area (Å²) in [5.74, 6) is -3.04. The van der Waals surface area contributed by atoms with E-state index >= 15 is 0 Å². The number of alkyl halides is 2. The zero-order valence-electron chi connectivity index (χ0n) is 19.0. The topological polar surface area (TPSA) is 41.5 Å². The van der Waals surface area contributed by atoms with Gasteiger partial charge in [-0.05, 0) is 48.1 Å². The molecule has 0 aliphatic rings. The molecule has 3 nitrogen and oxygen atoms in total. The first kappa shape index (κ1) is 28.1. The average Bonchev–Trinajstić information content (AvgIpc) is 3.43. The van der Waals surface area contributed by atoms with Gasteiger partial charge in [-0.1, -0.05) is 40.7 Å². The molecule has 0 saturated carbocycles. The Morgan fingerprint density at radius 1 is 1.17 bits per heavy atom. The smallest absolute Gasteiger partial charge is 0.266 e. The van der Waals surface area contributed by atoms with E-state index in [0.29, 0.717) is 22.0 Å². The quantitative estimate of drug-likeness (QED) is 0.418. The summed E-state index contributed by atoms with van der Waals surface area (Å²) in [4.78, 5) is 18.8. The van der Waals surface area contributed by atoms with Crippen molar-refractivity contribution in [3.8, 4) is 0 Å². The molecule has 0 aliphatic heterocycles. The highest BCUT2D eigenvalue weighted by Gasteiger charge is 2.26. The van der Waals surface area contributed by atoms with E-state index in [-0.39, 0.29) is 17.9 Å².